The van der Waals surface area contributed by atoms with Gasteiger partial charge in [-0.15, -0.1) is 11.3 Å². The molecule has 0 aliphatic heterocycles. The largest absolute Gasteiger partial charge is 0.481 e. The minimum Gasteiger partial charge on any atom is -0.481 e. The van der Waals surface area contributed by atoms with Gasteiger partial charge in [-0.1, -0.05) is 11.6 Å². The highest BCUT2D eigenvalue weighted by Crippen LogP contribution is 2.26. The normalized spacial score (nSPS) is 12.0. The molecular weight excluding hydrogens is 320 g/mol. The zero-order valence-corrected chi connectivity index (χ0v) is 14.6. The van der Waals surface area contributed by atoms with Gasteiger partial charge in [-0.3, -0.25) is 4.79 Å². The first kappa shape index (κ1) is 16.8. The van der Waals surface area contributed by atoms with Crippen LogP contribution in [0.2, 0.25) is 5.02 Å². The molecule has 0 unspecified atom stereocenters. The maximum Gasteiger partial charge on any atom is 0.261 e. The van der Waals surface area contributed by atoms with Gasteiger partial charge in [0.15, 0.2) is 6.10 Å². The SMILES string of the molecule is Cc1nc(CNC(=O)[C@H](C)Oc2cc(C)c(Cl)c(C)c2)cs1. The Morgan fingerprint density at radius 3 is 2.55 bits per heavy atom. The lowest BCUT2D eigenvalue weighted by molar-refractivity contribution is -0.127. The average molecular weight is 339 g/mol. The van der Waals surface area contributed by atoms with Crippen molar-refractivity contribution in [3.63, 3.8) is 0 Å². The van der Waals surface area contributed by atoms with Crippen LogP contribution in [0.5, 0.6) is 5.75 Å². The number of thiazole rings is 1. The second kappa shape index (κ2) is 7.11. The Kier molecular flexibility index (Phi) is 5.42. The molecule has 0 radical (unpaired) electrons. The van der Waals surface area contributed by atoms with Gasteiger partial charge in [0.05, 0.1) is 17.2 Å². The molecule has 2 rings (SSSR count). The van der Waals surface area contributed by atoms with Crippen LogP contribution in [0.15, 0.2) is 17.5 Å². The summed E-state index contributed by atoms with van der Waals surface area (Å²) in [5.74, 6) is 0.475. The molecule has 6 heteroatoms. The van der Waals surface area contributed by atoms with Crippen LogP contribution in [0.4, 0.5) is 0 Å². The van der Waals surface area contributed by atoms with Crippen LogP contribution < -0.4 is 10.1 Å². The Morgan fingerprint density at radius 1 is 1.36 bits per heavy atom. The number of aryl methyl sites for hydroxylation is 3. The fourth-order valence-corrected chi connectivity index (χ4v) is 2.76. The van der Waals surface area contributed by atoms with Gasteiger partial charge in [-0.2, -0.15) is 0 Å². The molecule has 1 aromatic heterocycles. The van der Waals surface area contributed by atoms with Gasteiger partial charge in [-0.05, 0) is 51.0 Å². The molecule has 0 spiro atoms. The highest BCUT2D eigenvalue weighted by molar-refractivity contribution is 7.09. The van der Waals surface area contributed by atoms with E-state index in [4.69, 9.17) is 16.3 Å². The molecule has 4 nitrogen and oxygen atoms in total. The summed E-state index contributed by atoms with van der Waals surface area (Å²) >= 11 is 7.69. The Bertz CT molecular complexity index is 662. The number of carbonyl (C=O) groups excluding carboxylic acids is 1. The Morgan fingerprint density at radius 2 is 2.00 bits per heavy atom. The number of rotatable bonds is 5. The average Bonchev–Trinajstić information content (AvgIpc) is 2.87. The van der Waals surface area contributed by atoms with E-state index in [2.05, 4.69) is 10.3 Å². The van der Waals surface area contributed by atoms with E-state index < -0.39 is 6.10 Å². The van der Waals surface area contributed by atoms with E-state index >= 15 is 0 Å². The number of nitrogens with zero attached hydrogens (tertiary/aromatic N) is 1. The molecule has 0 bridgehead atoms. The molecule has 22 heavy (non-hydrogen) atoms. The number of amides is 1. The molecule has 118 valence electrons. The number of hydrogen-bond acceptors (Lipinski definition) is 4. The molecule has 0 aliphatic rings. The van der Waals surface area contributed by atoms with Crippen LogP contribution in [0.25, 0.3) is 0 Å². The Balaban J connectivity index is 1.93. The van der Waals surface area contributed by atoms with Crippen molar-refractivity contribution >= 4 is 28.8 Å². The first-order chi connectivity index (χ1) is 10.4. The van der Waals surface area contributed by atoms with Crippen molar-refractivity contribution in [1.29, 1.82) is 0 Å². The van der Waals surface area contributed by atoms with Gasteiger partial charge < -0.3 is 10.1 Å². The minimum absolute atomic E-state index is 0.170. The van der Waals surface area contributed by atoms with E-state index in [0.717, 1.165) is 26.9 Å². The van der Waals surface area contributed by atoms with Crippen molar-refractivity contribution < 1.29 is 9.53 Å². The number of ether oxygens (including phenoxy) is 1. The maximum absolute atomic E-state index is 12.1. The summed E-state index contributed by atoms with van der Waals surface area (Å²) in [6.07, 6.45) is -0.584. The minimum atomic E-state index is -0.584. The lowest BCUT2D eigenvalue weighted by Gasteiger charge is -2.16. The van der Waals surface area contributed by atoms with Crippen LogP contribution in [0.3, 0.4) is 0 Å². The molecule has 1 amide bonds. The first-order valence-corrected chi connectivity index (χ1v) is 8.24. The first-order valence-electron chi connectivity index (χ1n) is 6.99. The maximum atomic E-state index is 12.1. The molecule has 2 aromatic rings. The number of carbonyl (C=O) groups is 1. The third-order valence-corrected chi connectivity index (χ3v) is 4.62. The molecule has 0 aliphatic carbocycles. The van der Waals surface area contributed by atoms with E-state index in [1.54, 1.807) is 18.3 Å². The third kappa shape index (κ3) is 4.21. The van der Waals surface area contributed by atoms with Crippen molar-refractivity contribution in [3.05, 3.63) is 44.4 Å². The van der Waals surface area contributed by atoms with Crippen molar-refractivity contribution in [1.82, 2.24) is 10.3 Å². The van der Waals surface area contributed by atoms with Crippen molar-refractivity contribution in [2.24, 2.45) is 0 Å². The van der Waals surface area contributed by atoms with E-state index in [0.29, 0.717) is 12.3 Å². The molecule has 0 saturated carbocycles. The highest BCUT2D eigenvalue weighted by atomic mass is 35.5. The summed E-state index contributed by atoms with van der Waals surface area (Å²) in [6, 6.07) is 3.67. The van der Waals surface area contributed by atoms with Crippen molar-refractivity contribution in [2.75, 3.05) is 0 Å². The van der Waals surface area contributed by atoms with E-state index in [1.807, 2.05) is 38.3 Å². The smallest absolute Gasteiger partial charge is 0.261 e. The number of hydrogen-bond donors (Lipinski definition) is 1. The summed E-state index contributed by atoms with van der Waals surface area (Å²) in [5.41, 5.74) is 2.73. The number of halogens is 1. The number of benzene rings is 1. The Labute approximate surface area is 139 Å². The zero-order valence-electron chi connectivity index (χ0n) is 13.1. The summed E-state index contributed by atoms with van der Waals surface area (Å²) in [4.78, 5) is 16.4. The molecular formula is C16H19ClN2O2S. The lowest BCUT2D eigenvalue weighted by Crippen LogP contribution is -2.36. The summed E-state index contributed by atoms with van der Waals surface area (Å²) < 4.78 is 5.70. The molecule has 1 heterocycles. The molecule has 1 aromatic carbocycles. The number of nitrogens with one attached hydrogen (secondary N) is 1. The summed E-state index contributed by atoms with van der Waals surface area (Å²) in [7, 11) is 0. The van der Waals surface area contributed by atoms with Gasteiger partial charge in [-0.25, -0.2) is 4.98 Å². The van der Waals surface area contributed by atoms with E-state index in [9.17, 15) is 4.79 Å². The number of aromatic nitrogens is 1. The van der Waals surface area contributed by atoms with Gasteiger partial charge in [0.2, 0.25) is 0 Å². The van der Waals surface area contributed by atoms with Gasteiger partial charge in [0, 0.05) is 10.4 Å². The third-order valence-electron chi connectivity index (χ3n) is 3.20. The van der Waals surface area contributed by atoms with Gasteiger partial charge >= 0.3 is 0 Å². The van der Waals surface area contributed by atoms with E-state index in [1.165, 1.54) is 0 Å². The quantitative estimate of drug-likeness (QED) is 0.902. The second-order valence-corrected chi connectivity index (χ2v) is 6.65. The van der Waals surface area contributed by atoms with Crippen LogP contribution >= 0.6 is 22.9 Å². The fraction of sp³-hybridized carbons (Fsp3) is 0.375. The zero-order chi connectivity index (χ0) is 16.3. The second-order valence-electron chi connectivity index (χ2n) is 5.21. The molecule has 0 saturated heterocycles. The van der Waals surface area contributed by atoms with Crippen LogP contribution in [0, 0.1) is 20.8 Å². The van der Waals surface area contributed by atoms with Gasteiger partial charge in [0.25, 0.3) is 5.91 Å². The van der Waals surface area contributed by atoms with Gasteiger partial charge in [0.1, 0.15) is 5.75 Å². The summed E-state index contributed by atoms with van der Waals surface area (Å²) in [5, 5.41) is 6.48. The predicted octanol–water partition coefficient (Wildman–Crippen LogP) is 3.81. The topological polar surface area (TPSA) is 51.2 Å². The molecule has 0 fully saturated rings. The molecule has 1 N–H and O–H groups in total. The van der Waals surface area contributed by atoms with Crippen LogP contribution in [0.1, 0.15) is 28.8 Å². The van der Waals surface area contributed by atoms with Crippen molar-refractivity contribution in [2.45, 2.75) is 40.3 Å². The lowest BCUT2D eigenvalue weighted by atomic mass is 10.1. The predicted molar refractivity (Wildman–Crippen MR) is 89.7 cm³/mol. The standard InChI is InChI=1S/C16H19ClN2O2S/c1-9-5-14(6-10(2)15(9)17)21-11(3)16(20)18-7-13-8-22-12(4)19-13/h5-6,8,11H,7H2,1-4H3,(H,18,20)/t11-/m0/s1. The monoisotopic (exact) mass is 338 g/mol. The highest BCUT2D eigenvalue weighted by Gasteiger charge is 2.15. The van der Waals surface area contributed by atoms with Crippen LogP contribution in [-0.4, -0.2) is 17.0 Å². The van der Waals surface area contributed by atoms with E-state index in [-0.39, 0.29) is 5.91 Å². The fourth-order valence-electron chi connectivity index (χ4n) is 2.04. The summed E-state index contributed by atoms with van der Waals surface area (Å²) in [6.45, 7) is 7.90. The Hall–Kier alpha value is -1.59. The van der Waals surface area contributed by atoms with Crippen molar-refractivity contribution in [3.8, 4) is 5.75 Å². The molecule has 1 atom stereocenters. The van der Waals surface area contributed by atoms with Crippen LogP contribution in [-0.2, 0) is 11.3 Å².